The van der Waals surface area contributed by atoms with Gasteiger partial charge in [-0.3, -0.25) is 0 Å². The van der Waals surface area contributed by atoms with Crippen LogP contribution in [0.15, 0.2) is 206 Å². The zero-order chi connectivity index (χ0) is 34.4. The molecule has 0 aliphatic heterocycles. The van der Waals surface area contributed by atoms with Crippen LogP contribution in [0.4, 0.5) is 0 Å². The first kappa shape index (κ1) is 30.1. The second-order valence-electron chi connectivity index (χ2n) is 13.6. The lowest BCUT2D eigenvalue weighted by atomic mass is 9.80. The van der Waals surface area contributed by atoms with Crippen molar-refractivity contribution in [3.63, 3.8) is 0 Å². The molecule has 0 bridgehead atoms. The first-order chi connectivity index (χ1) is 25.8. The normalized spacial score (nSPS) is 11.5. The standard InChI is InChI=1S/C52H34/c1-2-17-37(18-3-1)42-21-8-9-22-45(42)50-46-23-10-12-25-48(46)52(49-26-13-11-24-47(49)50)51-43(40-31-29-35-15-4-6-19-38(35)33-40)27-14-28-44(51)41-32-30-36-16-5-7-20-39(36)34-41/h1-34H. The van der Waals surface area contributed by atoms with Crippen molar-refractivity contribution in [1.29, 1.82) is 0 Å². The number of rotatable bonds is 5. The number of hydrogen-bond donors (Lipinski definition) is 0. The molecule has 0 saturated heterocycles. The molecule has 0 atom stereocenters. The maximum absolute atomic E-state index is 2.35. The molecule has 0 saturated carbocycles. The van der Waals surface area contributed by atoms with Crippen LogP contribution in [-0.2, 0) is 0 Å². The van der Waals surface area contributed by atoms with E-state index >= 15 is 0 Å². The van der Waals surface area contributed by atoms with E-state index in [2.05, 4.69) is 206 Å². The van der Waals surface area contributed by atoms with Crippen molar-refractivity contribution < 1.29 is 0 Å². The fraction of sp³-hybridized carbons (Fsp3) is 0. The molecule has 0 unspecified atom stereocenters. The fourth-order valence-electron chi connectivity index (χ4n) is 8.27. The zero-order valence-electron chi connectivity index (χ0n) is 28.6. The molecule has 0 heterocycles. The molecular formula is C52H34. The van der Waals surface area contributed by atoms with Gasteiger partial charge < -0.3 is 0 Å². The van der Waals surface area contributed by atoms with Crippen LogP contribution in [0, 0.1) is 0 Å². The molecule has 0 aromatic heterocycles. The third-order valence-corrected chi connectivity index (χ3v) is 10.6. The third-order valence-electron chi connectivity index (χ3n) is 10.6. The van der Waals surface area contributed by atoms with Crippen molar-refractivity contribution in [2.24, 2.45) is 0 Å². The van der Waals surface area contributed by atoms with Gasteiger partial charge in [0, 0.05) is 0 Å². The zero-order valence-corrected chi connectivity index (χ0v) is 28.6. The highest BCUT2D eigenvalue weighted by atomic mass is 14.3. The average Bonchev–Trinajstić information content (AvgIpc) is 3.22. The summed E-state index contributed by atoms with van der Waals surface area (Å²) in [6, 6.07) is 75.7. The van der Waals surface area contributed by atoms with E-state index in [4.69, 9.17) is 0 Å². The van der Waals surface area contributed by atoms with E-state index in [0.29, 0.717) is 0 Å². The van der Waals surface area contributed by atoms with Crippen LogP contribution in [0.2, 0.25) is 0 Å². The minimum absolute atomic E-state index is 1.21. The van der Waals surface area contributed by atoms with Gasteiger partial charge in [-0.2, -0.15) is 0 Å². The molecule has 0 N–H and O–H groups in total. The second kappa shape index (κ2) is 12.5. The number of hydrogen-bond acceptors (Lipinski definition) is 0. The summed E-state index contributed by atoms with van der Waals surface area (Å²) in [5.74, 6) is 0. The van der Waals surface area contributed by atoms with Crippen molar-refractivity contribution in [2.45, 2.75) is 0 Å². The Bertz CT molecular complexity index is 2790. The van der Waals surface area contributed by atoms with E-state index in [1.54, 1.807) is 0 Å². The highest BCUT2D eigenvalue weighted by Gasteiger charge is 2.23. The summed E-state index contributed by atoms with van der Waals surface area (Å²) in [6.07, 6.45) is 0. The van der Waals surface area contributed by atoms with Crippen LogP contribution in [0.3, 0.4) is 0 Å². The number of fused-ring (bicyclic) bond motifs is 4. The van der Waals surface area contributed by atoms with Gasteiger partial charge in [-0.15, -0.1) is 0 Å². The Kier molecular flexibility index (Phi) is 7.25. The summed E-state index contributed by atoms with van der Waals surface area (Å²) in [6.45, 7) is 0. The maximum atomic E-state index is 2.35. The molecule has 0 nitrogen and oxygen atoms in total. The molecule has 242 valence electrons. The maximum Gasteiger partial charge on any atom is -0.00139 e. The van der Waals surface area contributed by atoms with Crippen molar-refractivity contribution >= 4 is 43.1 Å². The Hall–Kier alpha value is -6.76. The fourth-order valence-corrected chi connectivity index (χ4v) is 8.27. The highest BCUT2D eigenvalue weighted by molar-refractivity contribution is 6.24. The smallest absolute Gasteiger partial charge is 0.00139 e. The van der Waals surface area contributed by atoms with Crippen LogP contribution >= 0.6 is 0 Å². The Morgan fingerprint density at radius 3 is 1.13 bits per heavy atom. The van der Waals surface area contributed by atoms with Crippen molar-refractivity contribution in [3.05, 3.63) is 206 Å². The molecular weight excluding hydrogens is 625 g/mol. The van der Waals surface area contributed by atoms with Crippen LogP contribution in [-0.4, -0.2) is 0 Å². The van der Waals surface area contributed by atoms with Crippen molar-refractivity contribution in [3.8, 4) is 55.6 Å². The average molecular weight is 659 g/mol. The Morgan fingerprint density at radius 2 is 0.596 bits per heavy atom. The predicted molar refractivity (Wildman–Crippen MR) is 224 cm³/mol. The van der Waals surface area contributed by atoms with E-state index in [-0.39, 0.29) is 0 Å². The second-order valence-corrected chi connectivity index (χ2v) is 13.6. The summed E-state index contributed by atoms with van der Waals surface area (Å²) < 4.78 is 0. The minimum Gasteiger partial charge on any atom is -0.0622 e. The lowest BCUT2D eigenvalue weighted by Gasteiger charge is -2.23. The summed E-state index contributed by atoms with van der Waals surface area (Å²) in [7, 11) is 0. The molecule has 0 radical (unpaired) electrons. The van der Waals surface area contributed by atoms with Crippen LogP contribution in [0.25, 0.3) is 98.7 Å². The van der Waals surface area contributed by atoms with Gasteiger partial charge in [-0.25, -0.2) is 0 Å². The molecule has 0 amide bonds. The van der Waals surface area contributed by atoms with Gasteiger partial charge in [-0.1, -0.05) is 194 Å². The van der Waals surface area contributed by atoms with Crippen molar-refractivity contribution in [1.82, 2.24) is 0 Å². The van der Waals surface area contributed by atoms with Gasteiger partial charge in [0.1, 0.15) is 0 Å². The molecule has 0 heteroatoms. The molecule has 10 aromatic carbocycles. The van der Waals surface area contributed by atoms with E-state index in [0.717, 1.165) is 0 Å². The van der Waals surface area contributed by atoms with Gasteiger partial charge >= 0.3 is 0 Å². The van der Waals surface area contributed by atoms with Gasteiger partial charge in [0.2, 0.25) is 0 Å². The van der Waals surface area contributed by atoms with Crippen LogP contribution < -0.4 is 0 Å². The van der Waals surface area contributed by atoms with Gasteiger partial charge in [0.15, 0.2) is 0 Å². The van der Waals surface area contributed by atoms with Crippen LogP contribution in [0.1, 0.15) is 0 Å². The lowest BCUT2D eigenvalue weighted by molar-refractivity contribution is 1.59. The first-order valence-electron chi connectivity index (χ1n) is 18.0. The molecule has 52 heavy (non-hydrogen) atoms. The summed E-state index contributed by atoms with van der Waals surface area (Å²) in [5.41, 5.74) is 12.4. The Morgan fingerprint density at radius 1 is 0.192 bits per heavy atom. The largest absolute Gasteiger partial charge is 0.0622 e. The van der Waals surface area contributed by atoms with E-state index in [1.165, 1.54) is 98.7 Å². The molecule has 0 aliphatic carbocycles. The molecule has 0 spiro atoms. The van der Waals surface area contributed by atoms with Crippen molar-refractivity contribution in [2.75, 3.05) is 0 Å². The molecule has 10 aromatic rings. The minimum atomic E-state index is 1.21. The summed E-state index contributed by atoms with van der Waals surface area (Å²) in [4.78, 5) is 0. The van der Waals surface area contributed by atoms with E-state index < -0.39 is 0 Å². The van der Waals surface area contributed by atoms with E-state index in [1.807, 2.05) is 0 Å². The summed E-state index contributed by atoms with van der Waals surface area (Å²) in [5, 5.41) is 9.96. The van der Waals surface area contributed by atoms with Gasteiger partial charge in [-0.05, 0) is 111 Å². The highest BCUT2D eigenvalue weighted by Crippen LogP contribution is 2.50. The Balaban J connectivity index is 1.34. The molecule has 10 rings (SSSR count). The first-order valence-corrected chi connectivity index (χ1v) is 18.0. The molecule has 0 aliphatic rings. The van der Waals surface area contributed by atoms with E-state index in [9.17, 15) is 0 Å². The lowest BCUT2D eigenvalue weighted by Crippen LogP contribution is -1.96. The summed E-state index contributed by atoms with van der Waals surface area (Å²) >= 11 is 0. The SMILES string of the molecule is c1ccc(-c2ccccc2-c2c3ccccc3c(-c3c(-c4ccc5ccccc5c4)cccc3-c3ccc4ccccc4c3)c3ccccc23)cc1. The quantitative estimate of drug-likeness (QED) is 0.161. The van der Waals surface area contributed by atoms with Crippen LogP contribution in [0.5, 0.6) is 0 Å². The number of benzene rings is 10. The van der Waals surface area contributed by atoms with Gasteiger partial charge in [0.25, 0.3) is 0 Å². The van der Waals surface area contributed by atoms with Gasteiger partial charge in [0.05, 0.1) is 0 Å². The molecule has 0 fully saturated rings. The Labute approximate surface area is 303 Å². The third kappa shape index (κ3) is 5.00. The predicted octanol–water partition coefficient (Wildman–Crippen LogP) is 14.6. The monoisotopic (exact) mass is 658 g/mol. The topological polar surface area (TPSA) is 0 Å².